The molecule has 0 saturated carbocycles. The lowest BCUT2D eigenvalue weighted by Gasteiger charge is -2.22. The van der Waals surface area contributed by atoms with Crippen molar-refractivity contribution in [2.75, 3.05) is 37.4 Å². The summed E-state index contributed by atoms with van der Waals surface area (Å²) in [6.07, 6.45) is 5.14. The molecule has 154 valence electrons. The summed E-state index contributed by atoms with van der Waals surface area (Å²) < 4.78 is 0. The zero-order chi connectivity index (χ0) is 20.9. The van der Waals surface area contributed by atoms with Gasteiger partial charge in [0.25, 0.3) is 0 Å². The molecule has 1 fully saturated rings. The van der Waals surface area contributed by atoms with Crippen LogP contribution < -0.4 is 10.2 Å². The zero-order valence-electron chi connectivity index (χ0n) is 17.6. The fourth-order valence-electron chi connectivity index (χ4n) is 3.89. The van der Waals surface area contributed by atoms with Gasteiger partial charge in [0.1, 0.15) is 0 Å². The summed E-state index contributed by atoms with van der Waals surface area (Å²) in [5.41, 5.74) is 5.20. The SMILES string of the molecule is CN(C)C1CCN(c2ccc(NC(=O)Cc3ccc(-c4cccnc4)cc3)cc2)C1. The number of hydrogen-bond donors (Lipinski definition) is 1. The molecular weight excluding hydrogens is 372 g/mol. The lowest BCUT2D eigenvalue weighted by atomic mass is 10.0. The van der Waals surface area contributed by atoms with E-state index >= 15 is 0 Å². The monoisotopic (exact) mass is 400 g/mol. The van der Waals surface area contributed by atoms with Crippen molar-refractivity contribution in [1.82, 2.24) is 9.88 Å². The number of likely N-dealkylation sites (N-methyl/N-ethyl adjacent to an activating group) is 1. The van der Waals surface area contributed by atoms with Crippen LogP contribution in [0, 0.1) is 0 Å². The molecule has 2 heterocycles. The van der Waals surface area contributed by atoms with Crippen molar-refractivity contribution < 1.29 is 4.79 Å². The summed E-state index contributed by atoms with van der Waals surface area (Å²) in [4.78, 5) is 21.3. The molecule has 1 amide bonds. The fraction of sp³-hybridized carbons (Fsp3) is 0.280. The Labute approximate surface area is 178 Å². The van der Waals surface area contributed by atoms with Gasteiger partial charge in [0.05, 0.1) is 6.42 Å². The van der Waals surface area contributed by atoms with Crippen LogP contribution in [0.15, 0.2) is 73.1 Å². The fourth-order valence-corrected chi connectivity index (χ4v) is 3.89. The highest BCUT2D eigenvalue weighted by Crippen LogP contribution is 2.24. The Kier molecular flexibility index (Phi) is 6.10. The van der Waals surface area contributed by atoms with Gasteiger partial charge in [-0.25, -0.2) is 0 Å². The summed E-state index contributed by atoms with van der Waals surface area (Å²) in [7, 11) is 4.28. The lowest BCUT2D eigenvalue weighted by molar-refractivity contribution is -0.115. The Balaban J connectivity index is 1.32. The average Bonchev–Trinajstić information content (AvgIpc) is 3.26. The van der Waals surface area contributed by atoms with Gasteiger partial charge in [0, 0.05) is 42.9 Å². The topological polar surface area (TPSA) is 48.5 Å². The van der Waals surface area contributed by atoms with Crippen molar-refractivity contribution in [3.8, 4) is 11.1 Å². The van der Waals surface area contributed by atoms with Gasteiger partial charge >= 0.3 is 0 Å². The molecule has 1 aliphatic rings. The predicted octanol–water partition coefficient (Wildman–Crippen LogP) is 4.07. The van der Waals surface area contributed by atoms with Gasteiger partial charge in [-0.2, -0.15) is 0 Å². The Morgan fingerprint density at radius 2 is 1.83 bits per heavy atom. The maximum absolute atomic E-state index is 12.5. The van der Waals surface area contributed by atoms with Crippen LogP contribution >= 0.6 is 0 Å². The molecule has 1 aromatic heterocycles. The van der Waals surface area contributed by atoms with Gasteiger partial charge < -0.3 is 15.1 Å². The summed E-state index contributed by atoms with van der Waals surface area (Å²) >= 11 is 0. The van der Waals surface area contributed by atoms with Crippen LogP contribution in [0.3, 0.4) is 0 Å². The highest BCUT2D eigenvalue weighted by molar-refractivity contribution is 5.92. The van der Waals surface area contributed by atoms with Crippen LogP contribution in [0.2, 0.25) is 0 Å². The number of carbonyl (C=O) groups excluding carboxylic acids is 1. The molecule has 0 aliphatic carbocycles. The summed E-state index contributed by atoms with van der Waals surface area (Å²) in [6, 6.07) is 20.8. The molecule has 2 aromatic carbocycles. The molecule has 0 bridgehead atoms. The second kappa shape index (κ2) is 9.09. The third kappa shape index (κ3) is 4.86. The van der Waals surface area contributed by atoms with Crippen molar-refractivity contribution in [2.45, 2.75) is 18.9 Å². The van der Waals surface area contributed by atoms with E-state index in [0.29, 0.717) is 12.5 Å². The van der Waals surface area contributed by atoms with E-state index in [4.69, 9.17) is 0 Å². The molecule has 5 nitrogen and oxygen atoms in total. The van der Waals surface area contributed by atoms with Crippen LogP contribution in [-0.2, 0) is 11.2 Å². The van der Waals surface area contributed by atoms with Crippen LogP contribution in [0.1, 0.15) is 12.0 Å². The quantitative estimate of drug-likeness (QED) is 0.678. The van der Waals surface area contributed by atoms with E-state index < -0.39 is 0 Å². The van der Waals surface area contributed by atoms with E-state index in [1.165, 1.54) is 12.1 Å². The zero-order valence-corrected chi connectivity index (χ0v) is 17.6. The first-order valence-electron chi connectivity index (χ1n) is 10.4. The number of carbonyl (C=O) groups is 1. The van der Waals surface area contributed by atoms with Gasteiger partial charge in [-0.05, 0) is 67.5 Å². The molecule has 3 aromatic rings. The first-order chi connectivity index (χ1) is 14.6. The highest BCUT2D eigenvalue weighted by Gasteiger charge is 2.23. The van der Waals surface area contributed by atoms with E-state index in [0.717, 1.165) is 35.5 Å². The van der Waals surface area contributed by atoms with Gasteiger partial charge in [0.15, 0.2) is 0 Å². The molecule has 30 heavy (non-hydrogen) atoms. The molecule has 4 rings (SSSR count). The summed E-state index contributed by atoms with van der Waals surface area (Å²) in [5.74, 6) is -0.00859. The molecule has 1 aliphatic heterocycles. The number of amides is 1. The molecule has 1 unspecified atom stereocenters. The van der Waals surface area contributed by atoms with Crippen LogP contribution in [0.4, 0.5) is 11.4 Å². The second-order valence-electron chi connectivity index (χ2n) is 8.06. The van der Waals surface area contributed by atoms with Crippen molar-refractivity contribution in [3.05, 3.63) is 78.6 Å². The van der Waals surface area contributed by atoms with E-state index in [2.05, 4.69) is 46.3 Å². The normalized spacial score (nSPS) is 16.1. The van der Waals surface area contributed by atoms with E-state index in [-0.39, 0.29) is 5.91 Å². The number of nitrogens with one attached hydrogen (secondary N) is 1. The highest BCUT2D eigenvalue weighted by atomic mass is 16.1. The number of pyridine rings is 1. The Morgan fingerprint density at radius 1 is 1.07 bits per heavy atom. The minimum atomic E-state index is -0.00859. The number of hydrogen-bond acceptors (Lipinski definition) is 4. The first kappa shape index (κ1) is 20.1. The minimum Gasteiger partial charge on any atom is -0.370 e. The van der Waals surface area contributed by atoms with Crippen LogP contribution in [0.5, 0.6) is 0 Å². The maximum atomic E-state index is 12.5. The van der Waals surface area contributed by atoms with Gasteiger partial charge in [0.2, 0.25) is 5.91 Å². The van der Waals surface area contributed by atoms with Crippen molar-refractivity contribution >= 4 is 17.3 Å². The van der Waals surface area contributed by atoms with E-state index in [1.807, 2.05) is 54.7 Å². The maximum Gasteiger partial charge on any atom is 0.228 e. The van der Waals surface area contributed by atoms with Gasteiger partial charge in [-0.1, -0.05) is 30.3 Å². The lowest BCUT2D eigenvalue weighted by Crippen LogP contribution is -2.31. The summed E-state index contributed by atoms with van der Waals surface area (Å²) in [6.45, 7) is 2.12. The third-order valence-electron chi connectivity index (χ3n) is 5.72. The Bertz CT molecular complexity index is 968. The molecule has 1 saturated heterocycles. The smallest absolute Gasteiger partial charge is 0.228 e. The van der Waals surface area contributed by atoms with E-state index in [1.54, 1.807) is 6.20 Å². The molecule has 5 heteroatoms. The van der Waals surface area contributed by atoms with Gasteiger partial charge in [-0.15, -0.1) is 0 Å². The standard InChI is InChI=1S/C25H28N4O/c1-28(2)24-13-15-29(18-24)23-11-9-22(10-12-23)27-25(30)16-19-5-7-20(8-6-19)21-4-3-14-26-17-21/h3-12,14,17,24H,13,15-16,18H2,1-2H3,(H,27,30). The van der Waals surface area contributed by atoms with Crippen molar-refractivity contribution in [2.24, 2.45) is 0 Å². The van der Waals surface area contributed by atoms with E-state index in [9.17, 15) is 4.79 Å². The largest absolute Gasteiger partial charge is 0.370 e. The number of nitrogens with zero attached hydrogens (tertiary/aromatic N) is 3. The minimum absolute atomic E-state index is 0.00859. The Hall–Kier alpha value is -3.18. The molecule has 1 N–H and O–H groups in total. The average molecular weight is 401 g/mol. The molecule has 0 spiro atoms. The first-order valence-corrected chi connectivity index (χ1v) is 10.4. The van der Waals surface area contributed by atoms with Crippen molar-refractivity contribution in [1.29, 1.82) is 0 Å². The summed E-state index contributed by atoms with van der Waals surface area (Å²) in [5, 5.41) is 3.01. The Morgan fingerprint density at radius 3 is 2.47 bits per heavy atom. The number of rotatable bonds is 6. The molecule has 1 atom stereocenters. The van der Waals surface area contributed by atoms with Crippen LogP contribution in [0.25, 0.3) is 11.1 Å². The number of aromatic nitrogens is 1. The predicted molar refractivity (Wildman–Crippen MR) is 123 cm³/mol. The third-order valence-corrected chi connectivity index (χ3v) is 5.72. The molecular formula is C25H28N4O. The van der Waals surface area contributed by atoms with Crippen molar-refractivity contribution in [3.63, 3.8) is 0 Å². The molecule has 0 radical (unpaired) electrons. The number of benzene rings is 2. The number of anilines is 2. The van der Waals surface area contributed by atoms with Gasteiger partial charge in [-0.3, -0.25) is 9.78 Å². The second-order valence-corrected chi connectivity index (χ2v) is 8.06. The van der Waals surface area contributed by atoms with Crippen LogP contribution in [-0.4, -0.2) is 49.0 Å².